The van der Waals surface area contributed by atoms with E-state index in [1.165, 1.54) is 6.07 Å². The summed E-state index contributed by atoms with van der Waals surface area (Å²) >= 11 is 0. The van der Waals surface area contributed by atoms with E-state index in [0.717, 1.165) is 31.5 Å². The third kappa shape index (κ3) is 4.53. The van der Waals surface area contributed by atoms with Gasteiger partial charge in [0.05, 0.1) is 12.1 Å². The second-order valence-corrected chi connectivity index (χ2v) is 5.82. The van der Waals surface area contributed by atoms with Gasteiger partial charge in [-0.05, 0) is 50.1 Å². The van der Waals surface area contributed by atoms with Crippen molar-refractivity contribution in [2.75, 3.05) is 26.7 Å². The highest BCUT2D eigenvalue weighted by atomic mass is 19.1. The van der Waals surface area contributed by atoms with Crippen LogP contribution in [-0.2, 0) is 11.3 Å². The largest absolute Gasteiger partial charge is 0.377 e. The van der Waals surface area contributed by atoms with E-state index < -0.39 is 0 Å². The second-order valence-electron chi connectivity index (χ2n) is 5.82. The highest BCUT2D eigenvalue weighted by Crippen LogP contribution is 2.25. The van der Waals surface area contributed by atoms with Crippen molar-refractivity contribution in [3.8, 4) is 11.8 Å². The van der Waals surface area contributed by atoms with E-state index in [0.29, 0.717) is 12.1 Å². The van der Waals surface area contributed by atoms with Crippen LogP contribution in [0.4, 0.5) is 4.39 Å². The molecule has 0 spiro atoms. The molecular weight excluding hydrogens is 267 g/mol. The topological polar surface area (TPSA) is 38.5 Å². The molecule has 1 aliphatic heterocycles. The molecule has 1 fully saturated rings. The number of benzene rings is 1. The molecule has 4 heteroatoms. The lowest BCUT2D eigenvalue weighted by atomic mass is 9.94. The summed E-state index contributed by atoms with van der Waals surface area (Å²) in [5, 5.41) is 0. The molecule has 1 aromatic carbocycles. The average molecular weight is 290 g/mol. The van der Waals surface area contributed by atoms with E-state index in [2.05, 4.69) is 23.7 Å². The zero-order valence-corrected chi connectivity index (χ0v) is 12.8. The maximum Gasteiger partial charge on any atom is 0.124 e. The summed E-state index contributed by atoms with van der Waals surface area (Å²) in [7, 11) is 1.76. The van der Waals surface area contributed by atoms with Crippen molar-refractivity contribution in [2.24, 2.45) is 5.73 Å². The molecule has 0 bridgehead atoms. The minimum absolute atomic E-state index is 0.103. The zero-order valence-electron chi connectivity index (χ0n) is 12.8. The predicted octanol–water partition coefficient (Wildman–Crippen LogP) is 2.14. The molecule has 0 radical (unpaired) electrons. The van der Waals surface area contributed by atoms with Gasteiger partial charge in [0.2, 0.25) is 0 Å². The van der Waals surface area contributed by atoms with Crippen molar-refractivity contribution in [3.63, 3.8) is 0 Å². The number of hydrogen-bond donors (Lipinski definition) is 1. The van der Waals surface area contributed by atoms with Crippen molar-refractivity contribution in [1.82, 2.24) is 4.90 Å². The van der Waals surface area contributed by atoms with Gasteiger partial charge in [0.15, 0.2) is 0 Å². The lowest BCUT2D eigenvalue weighted by Crippen LogP contribution is -2.46. The van der Waals surface area contributed by atoms with Crippen molar-refractivity contribution in [2.45, 2.75) is 31.9 Å². The van der Waals surface area contributed by atoms with Gasteiger partial charge in [-0.1, -0.05) is 11.8 Å². The summed E-state index contributed by atoms with van der Waals surface area (Å²) in [4.78, 5) is 2.31. The summed E-state index contributed by atoms with van der Waals surface area (Å²) in [6.45, 7) is 5.00. The van der Waals surface area contributed by atoms with E-state index in [1.54, 1.807) is 13.2 Å². The normalized spacial score (nSPS) is 22.7. The van der Waals surface area contributed by atoms with Crippen LogP contribution >= 0.6 is 0 Å². The van der Waals surface area contributed by atoms with Crippen LogP contribution < -0.4 is 5.73 Å². The zero-order chi connectivity index (χ0) is 15.3. The van der Waals surface area contributed by atoms with Gasteiger partial charge >= 0.3 is 0 Å². The number of halogens is 1. The van der Waals surface area contributed by atoms with E-state index in [1.807, 2.05) is 6.07 Å². The summed E-state index contributed by atoms with van der Waals surface area (Å²) in [5.74, 6) is 5.40. The molecule has 1 saturated heterocycles. The minimum Gasteiger partial charge on any atom is -0.377 e. The highest BCUT2D eigenvalue weighted by molar-refractivity contribution is 5.38. The molecule has 2 rings (SSSR count). The number of ether oxygens (including phenoxy) is 1. The molecule has 0 aliphatic carbocycles. The quantitative estimate of drug-likeness (QED) is 0.867. The fourth-order valence-electron chi connectivity index (χ4n) is 2.83. The van der Waals surface area contributed by atoms with Crippen LogP contribution in [0.25, 0.3) is 0 Å². The van der Waals surface area contributed by atoms with Crippen molar-refractivity contribution in [3.05, 3.63) is 35.1 Å². The standard InChI is InChI=1S/C17H23FN2O/c1-17(21-2)6-4-8-20(13-17)12-15-9-14(5-3-7-19)10-16(18)11-15/h9-11H,4,6-8,12-13,19H2,1-2H3. The van der Waals surface area contributed by atoms with Crippen molar-refractivity contribution in [1.29, 1.82) is 0 Å². The van der Waals surface area contributed by atoms with Gasteiger partial charge in [-0.3, -0.25) is 4.90 Å². The number of nitrogens with two attached hydrogens (primary N) is 1. The van der Waals surface area contributed by atoms with Crippen LogP contribution in [0.1, 0.15) is 30.9 Å². The molecule has 0 amide bonds. The maximum atomic E-state index is 13.7. The molecular formula is C17H23FN2O. The Hall–Kier alpha value is -1.41. The van der Waals surface area contributed by atoms with Crippen LogP contribution in [0.2, 0.25) is 0 Å². The van der Waals surface area contributed by atoms with E-state index in [9.17, 15) is 4.39 Å². The van der Waals surface area contributed by atoms with Crippen LogP contribution in [-0.4, -0.2) is 37.2 Å². The third-order valence-corrected chi connectivity index (χ3v) is 3.93. The fourth-order valence-corrected chi connectivity index (χ4v) is 2.83. The highest BCUT2D eigenvalue weighted by Gasteiger charge is 2.30. The molecule has 114 valence electrons. The van der Waals surface area contributed by atoms with Gasteiger partial charge in [-0.2, -0.15) is 0 Å². The molecule has 1 unspecified atom stereocenters. The number of methoxy groups -OCH3 is 1. The Bertz CT molecular complexity index is 549. The lowest BCUT2D eigenvalue weighted by Gasteiger charge is -2.39. The Morgan fingerprint density at radius 2 is 2.24 bits per heavy atom. The fraction of sp³-hybridized carbons (Fsp3) is 0.529. The third-order valence-electron chi connectivity index (χ3n) is 3.93. The van der Waals surface area contributed by atoms with Crippen molar-refractivity contribution < 1.29 is 9.13 Å². The number of piperidine rings is 1. The Morgan fingerprint density at radius 3 is 2.95 bits per heavy atom. The van der Waals surface area contributed by atoms with Gasteiger partial charge in [0, 0.05) is 25.8 Å². The Balaban J connectivity index is 2.10. The smallest absolute Gasteiger partial charge is 0.124 e. The van der Waals surface area contributed by atoms with Gasteiger partial charge in [0.1, 0.15) is 5.82 Å². The predicted molar refractivity (Wildman–Crippen MR) is 82.3 cm³/mol. The second kappa shape index (κ2) is 7.04. The van der Waals surface area contributed by atoms with Crippen LogP contribution in [0.3, 0.4) is 0 Å². The number of nitrogens with zero attached hydrogens (tertiary/aromatic N) is 1. The van der Waals surface area contributed by atoms with Gasteiger partial charge in [0.25, 0.3) is 0 Å². The Kier molecular flexibility index (Phi) is 5.35. The molecule has 1 heterocycles. The SMILES string of the molecule is COC1(C)CCCN(Cc2cc(F)cc(C#CCN)c2)C1. The molecule has 0 aromatic heterocycles. The molecule has 21 heavy (non-hydrogen) atoms. The first kappa shape index (κ1) is 16.0. The summed E-state index contributed by atoms with van der Waals surface area (Å²) in [6, 6.07) is 4.96. The number of rotatable bonds is 3. The molecule has 1 aliphatic rings. The van der Waals surface area contributed by atoms with Crippen molar-refractivity contribution >= 4 is 0 Å². The van der Waals surface area contributed by atoms with Gasteiger partial charge < -0.3 is 10.5 Å². The van der Waals surface area contributed by atoms with Crippen LogP contribution in [0.15, 0.2) is 18.2 Å². The van der Waals surface area contributed by atoms with Gasteiger partial charge in [-0.15, -0.1) is 0 Å². The molecule has 0 saturated carbocycles. The first-order valence-corrected chi connectivity index (χ1v) is 7.30. The van der Waals surface area contributed by atoms with Crippen LogP contribution in [0.5, 0.6) is 0 Å². The van der Waals surface area contributed by atoms with Gasteiger partial charge in [-0.25, -0.2) is 4.39 Å². The maximum absolute atomic E-state index is 13.7. The molecule has 2 N–H and O–H groups in total. The number of hydrogen-bond acceptors (Lipinski definition) is 3. The Labute approximate surface area is 126 Å². The summed E-state index contributed by atoms with van der Waals surface area (Å²) in [5.41, 5.74) is 6.88. The van der Waals surface area contributed by atoms with E-state index in [-0.39, 0.29) is 18.0 Å². The summed E-state index contributed by atoms with van der Waals surface area (Å²) in [6.07, 6.45) is 2.16. The first-order chi connectivity index (χ1) is 10.0. The summed E-state index contributed by atoms with van der Waals surface area (Å²) < 4.78 is 19.3. The molecule has 1 aromatic rings. The van der Waals surface area contributed by atoms with E-state index >= 15 is 0 Å². The van der Waals surface area contributed by atoms with E-state index in [4.69, 9.17) is 10.5 Å². The average Bonchev–Trinajstić information content (AvgIpc) is 2.44. The first-order valence-electron chi connectivity index (χ1n) is 7.30. The minimum atomic E-state index is -0.250. The lowest BCUT2D eigenvalue weighted by molar-refractivity contribution is -0.0527. The molecule has 3 nitrogen and oxygen atoms in total. The van der Waals surface area contributed by atoms with Crippen LogP contribution in [0, 0.1) is 17.7 Å². The number of likely N-dealkylation sites (tertiary alicyclic amines) is 1. The Morgan fingerprint density at radius 1 is 1.43 bits per heavy atom. The monoisotopic (exact) mass is 290 g/mol. The molecule has 1 atom stereocenters.